The summed E-state index contributed by atoms with van der Waals surface area (Å²) in [5, 5.41) is 2.62. The SMILES string of the molecule is CC1CCN(S(=O)(=O)c2cc(C(=O)NCc3ccco3)ccc2F)CC1. The molecule has 0 atom stereocenters. The number of sulfonamides is 1. The van der Waals surface area contributed by atoms with Crippen LogP contribution in [-0.4, -0.2) is 31.7 Å². The van der Waals surface area contributed by atoms with E-state index in [0.29, 0.717) is 24.8 Å². The second-order valence-corrected chi connectivity index (χ2v) is 8.40. The molecule has 26 heavy (non-hydrogen) atoms. The van der Waals surface area contributed by atoms with Crippen molar-refractivity contribution >= 4 is 15.9 Å². The number of hydrogen-bond donors (Lipinski definition) is 1. The van der Waals surface area contributed by atoms with Crippen LogP contribution in [0.5, 0.6) is 0 Å². The van der Waals surface area contributed by atoms with Gasteiger partial charge in [-0.3, -0.25) is 4.79 Å². The largest absolute Gasteiger partial charge is 0.467 e. The highest BCUT2D eigenvalue weighted by atomic mass is 32.2. The molecular formula is C18H21FN2O4S. The van der Waals surface area contributed by atoms with Crippen LogP contribution in [-0.2, 0) is 16.6 Å². The zero-order chi connectivity index (χ0) is 18.7. The van der Waals surface area contributed by atoms with Crippen LogP contribution in [0.4, 0.5) is 4.39 Å². The zero-order valence-corrected chi connectivity index (χ0v) is 15.3. The molecule has 1 aliphatic heterocycles. The van der Waals surface area contributed by atoms with E-state index in [-0.39, 0.29) is 12.1 Å². The second kappa shape index (κ2) is 7.59. The predicted molar refractivity (Wildman–Crippen MR) is 93.4 cm³/mol. The van der Waals surface area contributed by atoms with Crippen LogP contribution < -0.4 is 5.32 Å². The highest BCUT2D eigenvalue weighted by molar-refractivity contribution is 7.89. The summed E-state index contributed by atoms with van der Waals surface area (Å²) in [5.74, 6) is -0.336. The number of piperidine rings is 1. The molecule has 0 unspecified atom stereocenters. The molecule has 3 rings (SSSR count). The summed E-state index contributed by atoms with van der Waals surface area (Å²) in [6.07, 6.45) is 2.97. The van der Waals surface area contributed by atoms with Gasteiger partial charge in [0.25, 0.3) is 5.91 Å². The molecule has 2 aromatic rings. The average molecular weight is 380 g/mol. The summed E-state index contributed by atoms with van der Waals surface area (Å²) < 4.78 is 46.2. The van der Waals surface area contributed by atoms with Gasteiger partial charge >= 0.3 is 0 Å². The molecule has 1 N–H and O–H groups in total. The number of amides is 1. The molecular weight excluding hydrogens is 359 g/mol. The number of nitrogens with one attached hydrogen (secondary N) is 1. The molecule has 1 aromatic heterocycles. The van der Waals surface area contributed by atoms with Gasteiger partial charge in [0, 0.05) is 18.7 Å². The first kappa shape index (κ1) is 18.6. The van der Waals surface area contributed by atoms with E-state index in [0.717, 1.165) is 25.0 Å². The van der Waals surface area contributed by atoms with E-state index in [1.54, 1.807) is 12.1 Å². The molecule has 0 radical (unpaired) electrons. The number of halogens is 1. The standard InChI is InChI=1S/C18H21FN2O4S/c1-13-6-8-21(9-7-13)26(23,24)17-11-14(4-5-16(17)19)18(22)20-12-15-3-2-10-25-15/h2-5,10-11,13H,6-9,12H2,1H3,(H,20,22). The van der Waals surface area contributed by atoms with Crippen molar-refractivity contribution in [3.8, 4) is 0 Å². The Morgan fingerprint density at radius 2 is 2.04 bits per heavy atom. The fraction of sp³-hybridized carbons (Fsp3) is 0.389. The van der Waals surface area contributed by atoms with E-state index in [2.05, 4.69) is 12.2 Å². The van der Waals surface area contributed by atoms with Crippen molar-refractivity contribution < 1.29 is 22.0 Å². The minimum atomic E-state index is -3.97. The Morgan fingerprint density at radius 1 is 1.31 bits per heavy atom. The van der Waals surface area contributed by atoms with Crippen molar-refractivity contribution in [3.63, 3.8) is 0 Å². The van der Waals surface area contributed by atoms with Crippen molar-refractivity contribution in [2.45, 2.75) is 31.2 Å². The maximum Gasteiger partial charge on any atom is 0.251 e. The third-order valence-electron chi connectivity index (χ3n) is 4.56. The van der Waals surface area contributed by atoms with Gasteiger partial charge < -0.3 is 9.73 Å². The lowest BCUT2D eigenvalue weighted by atomic mass is 10.0. The normalized spacial score (nSPS) is 16.5. The van der Waals surface area contributed by atoms with Crippen LogP contribution in [0.25, 0.3) is 0 Å². The summed E-state index contributed by atoms with van der Waals surface area (Å²) in [6.45, 7) is 2.94. The van der Waals surface area contributed by atoms with E-state index < -0.39 is 26.6 Å². The molecule has 1 amide bonds. The average Bonchev–Trinajstić information content (AvgIpc) is 3.14. The lowest BCUT2D eigenvalue weighted by Gasteiger charge is -2.29. The fourth-order valence-electron chi connectivity index (χ4n) is 2.89. The van der Waals surface area contributed by atoms with Crippen molar-refractivity contribution in [2.24, 2.45) is 5.92 Å². The molecule has 2 heterocycles. The van der Waals surface area contributed by atoms with Gasteiger partial charge in [-0.05, 0) is 49.1 Å². The Bertz CT molecular complexity index is 873. The number of carbonyl (C=O) groups excluding carboxylic acids is 1. The van der Waals surface area contributed by atoms with Gasteiger partial charge in [-0.25, -0.2) is 12.8 Å². The number of furan rings is 1. The first-order valence-electron chi connectivity index (χ1n) is 8.48. The summed E-state index contributed by atoms with van der Waals surface area (Å²) in [7, 11) is -3.97. The van der Waals surface area contributed by atoms with Gasteiger partial charge in [-0.1, -0.05) is 6.92 Å². The van der Waals surface area contributed by atoms with E-state index in [1.165, 1.54) is 16.6 Å². The van der Waals surface area contributed by atoms with Gasteiger partial charge in [0.15, 0.2) is 0 Å². The van der Waals surface area contributed by atoms with Gasteiger partial charge in [0.2, 0.25) is 10.0 Å². The Kier molecular flexibility index (Phi) is 5.43. The number of hydrogen-bond acceptors (Lipinski definition) is 4. The topological polar surface area (TPSA) is 79.6 Å². The predicted octanol–water partition coefficient (Wildman–Crippen LogP) is 2.77. The van der Waals surface area contributed by atoms with Crippen molar-refractivity contribution in [2.75, 3.05) is 13.1 Å². The number of carbonyl (C=O) groups is 1. The summed E-state index contributed by atoms with van der Waals surface area (Å²) >= 11 is 0. The maximum absolute atomic E-state index is 14.2. The van der Waals surface area contributed by atoms with Crippen LogP contribution >= 0.6 is 0 Å². The number of nitrogens with zero attached hydrogens (tertiary/aromatic N) is 1. The smallest absolute Gasteiger partial charge is 0.251 e. The van der Waals surface area contributed by atoms with Gasteiger partial charge in [-0.2, -0.15) is 4.31 Å². The third kappa shape index (κ3) is 3.96. The number of rotatable bonds is 5. The van der Waals surface area contributed by atoms with Crippen LogP contribution in [0.15, 0.2) is 45.9 Å². The van der Waals surface area contributed by atoms with Crippen LogP contribution in [0.2, 0.25) is 0 Å². The Morgan fingerprint density at radius 3 is 2.69 bits per heavy atom. The summed E-state index contributed by atoms with van der Waals surface area (Å²) in [5.41, 5.74) is 0.0851. The second-order valence-electron chi connectivity index (χ2n) is 6.49. The van der Waals surface area contributed by atoms with Crippen LogP contribution in [0, 0.1) is 11.7 Å². The zero-order valence-electron chi connectivity index (χ0n) is 14.4. The molecule has 8 heteroatoms. The lowest BCUT2D eigenvalue weighted by Crippen LogP contribution is -2.38. The molecule has 0 bridgehead atoms. The summed E-state index contributed by atoms with van der Waals surface area (Å²) in [6, 6.07) is 6.78. The first-order chi connectivity index (χ1) is 12.4. The van der Waals surface area contributed by atoms with Gasteiger partial charge in [-0.15, -0.1) is 0 Å². The molecule has 0 spiro atoms. The molecule has 1 aliphatic rings. The van der Waals surface area contributed by atoms with E-state index in [1.807, 2.05) is 0 Å². The van der Waals surface area contributed by atoms with E-state index >= 15 is 0 Å². The minimum Gasteiger partial charge on any atom is -0.467 e. The van der Waals surface area contributed by atoms with Crippen LogP contribution in [0.1, 0.15) is 35.9 Å². The van der Waals surface area contributed by atoms with E-state index in [9.17, 15) is 17.6 Å². The quantitative estimate of drug-likeness (QED) is 0.865. The fourth-order valence-corrected chi connectivity index (χ4v) is 4.45. The molecule has 0 saturated carbocycles. The number of benzene rings is 1. The summed E-state index contributed by atoms with van der Waals surface area (Å²) in [4.78, 5) is 11.8. The molecule has 140 valence electrons. The first-order valence-corrected chi connectivity index (χ1v) is 9.92. The molecule has 1 aromatic carbocycles. The third-order valence-corrected chi connectivity index (χ3v) is 6.47. The van der Waals surface area contributed by atoms with Gasteiger partial charge in [0.05, 0.1) is 12.8 Å². The monoisotopic (exact) mass is 380 g/mol. The van der Waals surface area contributed by atoms with E-state index in [4.69, 9.17) is 4.42 Å². The van der Waals surface area contributed by atoms with Crippen LogP contribution in [0.3, 0.4) is 0 Å². The van der Waals surface area contributed by atoms with Crippen molar-refractivity contribution in [1.29, 1.82) is 0 Å². The molecule has 1 fully saturated rings. The molecule has 1 saturated heterocycles. The Balaban J connectivity index is 1.79. The Hall–Kier alpha value is -2.19. The maximum atomic E-state index is 14.2. The molecule has 0 aliphatic carbocycles. The van der Waals surface area contributed by atoms with Crippen molar-refractivity contribution in [3.05, 3.63) is 53.7 Å². The van der Waals surface area contributed by atoms with Crippen molar-refractivity contribution in [1.82, 2.24) is 9.62 Å². The minimum absolute atomic E-state index is 0.0851. The molecule has 6 nitrogen and oxygen atoms in total. The highest BCUT2D eigenvalue weighted by Crippen LogP contribution is 2.25. The lowest BCUT2D eigenvalue weighted by molar-refractivity contribution is 0.0947. The highest BCUT2D eigenvalue weighted by Gasteiger charge is 2.31. The Labute approximate surface area is 152 Å². The van der Waals surface area contributed by atoms with Gasteiger partial charge in [0.1, 0.15) is 16.5 Å².